The van der Waals surface area contributed by atoms with Crippen molar-refractivity contribution in [2.45, 2.75) is 24.7 Å². The van der Waals surface area contributed by atoms with Crippen LogP contribution in [0.15, 0.2) is 89.8 Å². The molecule has 2 heterocycles. The third-order valence-electron chi connectivity index (χ3n) is 7.62. The number of aryl methyl sites for hydroxylation is 1. The van der Waals surface area contributed by atoms with Crippen molar-refractivity contribution in [3.8, 4) is 5.75 Å². The van der Waals surface area contributed by atoms with Gasteiger partial charge in [0.05, 0.1) is 17.7 Å². The van der Waals surface area contributed by atoms with E-state index in [2.05, 4.69) is 5.32 Å². The number of hydrogen-bond acceptors (Lipinski definition) is 5. The molecule has 0 saturated carbocycles. The predicted molar refractivity (Wildman–Crippen MR) is 159 cm³/mol. The van der Waals surface area contributed by atoms with Gasteiger partial charge in [-0.25, -0.2) is 8.42 Å². The van der Waals surface area contributed by atoms with Crippen LogP contribution in [0.25, 0.3) is 0 Å². The molecule has 208 valence electrons. The van der Waals surface area contributed by atoms with E-state index < -0.39 is 10.0 Å². The lowest BCUT2D eigenvalue weighted by Crippen LogP contribution is -2.29. The van der Waals surface area contributed by atoms with Crippen LogP contribution in [0.2, 0.25) is 0 Å². The van der Waals surface area contributed by atoms with E-state index in [9.17, 15) is 18.0 Å². The molecule has 1 N–H and O–H groups in total. The number of fused-ring (bicyclic) bond motifs is 2. The van der Waals surface area contributed by atoms with Gasteiger partial charge >= 0.3 is 0 Å². The number of rotatable bonds is 6. The molecule has 41 heavy (non-hydrogen) atoms. The normalized spacial score (nSPS) is 14.0. The second kappa shape index (κ2) is 10.4. The number of ether oxygens (including phenoxy) is 1. The fraction of sp³-hybridized carbons (Fsp3) is 0.188. The maximum Gasteiger partial charge on any atom is 0.264 e. The molecule has 9 heteroatoms. The topological polar surface area (TPSA) is 96.0 Å². The lowest BCUT2D eigenvalue weighted by atomic mass is 10.1. The van der Waals surface area contributed by atoms with Crippen molar-refractivity contribution in [2.24, 2.45) is 0 Å². The van der Waals surface area contributed by atoms with E-state index in [1.807, 2.05) is 25.1 Å². The number of nitrogens with one attached hydrogen (secondary N) is 1. The molecule has 0 radical (unpaired) electrons. The Labute approximate surface area is 239 Å². The van der Waals surface area contributed by atoms with Gasteiger partial charge in [-0.1, -0.05) is 23.8 Å². The Morgan fingerprint density at radius 3 is 2.22 bits per heavy atom. The van der Waals surface area contributed by atoms with E-state index in [1.165, 1.54) is 4.31 Å². The lowest BCUT2D eigenvalue weighted by Gasteiger charge is -2.20. The largest absolute Gasteiger partial charge is 0.497 e. The van der Waals surface area contributed by atoms with E-state index in [1.54, 1.807) is 78.7 Å². The number of carbonyl (C=O) groups is 2. The van der Waals surface area contributed by atoms with Gasteiger partial charge in [-0.3, -0.25) is 13.9 Å². The molecule has 8 nitrogen and oxygen atoms in total. The number of sulfonamides is 1. The first-order valence-electron chi connectivity index (χ1n) is 13.4. The summed E-state index contributed by atoms with van der Waals surface area (Å²) in [6.07, 6.45) is 1.25. The van der Waals surface area contributed by atoms with Crippen molar-refractivity contribution in [1.29, 1.82) is 0 Å². The number of benzene rings is 4. The number of nitrogens with zero attached hydrogens (tertiary/aromatic N) is 2. The molecule has 6 rings (SSSR count). The molecule has 2 aliphatic heterocycles. The quantitative estimate of drug-likeness (QED) is 0.345. The molecular weight excluding hydrogens is 538 g/mol. The van der Waals surface area contributed by atoms with Crippen molar-refractivity contribution in [3.63, 3.8) is 0 Å². The Balaban J connectivity index is 1.19. The van der Waals surface area contributed by atoms with Gasteiger partial charge in [0.25, 0.3) is 21.8 Å². The molecule has 2 aliphatic rings. The molecule has 0 atom stereocenters. The monoisotopic (exact) mass is 567 g/mol. The van der Waals surface area contributed by atoms with Crippen LogP contribution in [0.5, 0.6) is 5.75 Å². The van der Waals surface area contributed by atoms with Crippen LogP contribution in [0.3, 0.4) is 0 Å². The van der Waals surface area contributed by atoms with E-state index in [4.69, 9.17) is 4.74 Å². The zero-order valence-electron chi connectivity index (χ0n) is 22.8. The number of anilines is 3. The molecule has 0 bridgehead atoms. The minimum Gasteiger partial charge on any atom is -0.497 e. The zero-order chi connectivity index (χ0) is 28.7. The predicted octanol–water partition coefficient (Wildman–Crippen LogP) is 5.21. The van der Waals surface area contributed by atoms with Gasteiger partial charge in [0.2, 0.25) is 0 Å². The van der Waals surface area contributed by atoms with Crippen LogP contribution in [0, 0.1) is 6.92 Å². The third kappa shape index (κ3) is 4.93. The first-order valence-corrected chi connectivity index (χ1v) is 14.8. The average molecular weight is 568 g/mol. The molecule has 2 amide bonds. The molecule has 0 spiro atoms. The summed E-state index contributed by atoms with van der Waals surface area (Å²) in [7, 11) is -2.12. The van der Waals surface area contributed by atoms with Gasteiger partial charge in [0, 0.05) is 35.6 Å². The number of carbonyl (C=O) groups excluding carboxylic acids is 2. The van der Waals surface area contributed by atoms with Gasteiger partial charge in [0.15, 0.2) is 0 Å². The summed E-state index contributed by atoms with van der Waals surface area (Å²) >= 11 is 0. The molecule has 0 aliphatic carbocycles. The van der Waals surface area contributed by atoms with Gasteiger partial charge in [-0.15, -0.1) is 0 Å². The minimum atomic E-state index is -3.70. The molecule has 4 aromatic carbocycles. The van der Waals surface area contributed by atoms with E-state index >= 15 is 0 Å². The SMILES string of the molecule is COc1ccc(C(=O)N2CCc3ccc(NC(=O)c4ccc5c(c4)CCN5S(=O)(=O)c4ccc(C)cc4)cc32)cc1. The van der Waals surface area contributed by atoms with Crippen LogP contribution < -0.4 is 19.3 Å². The summed E-state index contributed by atoms with van der Waals surface area (Å²) in [6, 6.07) is 24.5. The summed E-state index contributed by atoms with van der Waals surface area (Å²) < 4.78 is 33.1. The maximum atomic E-state index is 13.3. The van der Waals surface area contributed by atoms with Crippen molar-refractivity contribution < 1.29 is 22.7 Å². The first kappa shape index (κ1) is 26.6. The Hall–Kier alpha value is -4.63. The number of amides is 2. The van der Waals surface area contributed by atoms with Crippen molar-refractivity contribution >= 4 is 38.9 Å². The number of methoxy groups -OCH3 is 1. The summed E-state index contributed by atoms with van der Waals surface area (Å²) in [5.41, 5.74) is 5.76. The van der Waals surface area contributed by atoms with Gasteiger partial charge in [-0.2, -0.15) is 0 Å². The van der Waals surface area contributed by atoms with Crippen LogP contribution in [0.4, 0.5) is 17.1 Å². The second-order valence-electron chi connectivity index (χ2n) is 10.2. The molecule has 0 unspecified atom stereocenters. The van der Waals surface area contributed by atoms with Gasteiger partial charge < -0.3 is 15.0 Å². The minimum absolute atomic E-state index is 0.112. The Bertz CT molecular complexity index is 1770. The molecule has 0 aromatic heterocycles. The smallest absolute Gasteiger partial charge is 0.264 e. The Morgan fingerprint density at radius 2 is 1.49 bits per heavy atom. The highest BCUT2D eigenvalue weighted by Crippen LogP contribution is 2.35. The fourth-order valence-corrected chi connectivity index (χ4v) is 6.86. The average Bonchev–Trinajstić information content (AvgIpc) is 3.61. The first-order chi connectivity index (χ1) is 19.7. The van der Waals surface area contributed by atoms with E-state index in [0.29, 0.717) is 47.8 Å². The highest BCUT2D eigenvalue weighted by atomic mass is 32.2. The highest BCUT2D eigenvalue weighted by molar-refractivity contribution is 7.92. The van der Waals surface area contributed by atoms with Crippen molar-refractivity contribution in [1.82, 2.24) is 0 Å². The highest BCUT2D eigenvalue weighted by Gasteiger charge is 2.31. The van der Waals surface area contributed by atoms with Crippen LogP contribution in [-0.2, 0) is 22.9 Å². The lowest BCUT2D eigenvalue weighted by molar-refractivity contribution is 0.0988. The zero-order valence-corrected chi connectivity index (χ0v) is 23.6. The standard InChI is InChI=1S/C32H29N3O5S/c1-21-3-12-28(13-4-21)41(38,39)35-18-16-24-19-25(8-14-29(24)35)31(36)33-26-9-5-22-15-17-34(30(22)20-26)32(37)23-6-10-27(40-2)11-7-23/h3-14,19-20H,15-18H2,1-2H3,(H,33,36). The molecule has 0 fully saturated rings. The molecular formula is C32H29N3O5S. The van der Waals surface area contributed by atoms with Gasteiger partial charge in [-0.05, 0) is 97.6 Å². The second-order valence-corrected chi connectivity index (χ2v) is 12.1. The Kier molecular flexibility index (Phi) is 6.75. The fourth-order valence-electron chi connectivity index (χ4n) is 5.36. The summed E-state index contributed by atoms with van der Waals surface area (Å²) in [6.45, 7) is 2.79. The van der Waals surface area contributed by atoms with Crippen molar-refractivity contribution in [2.75, 3.05) is 34.7 Å². The summed E-state index contributed by atoms with van der Waals surface area (Å²) in [5.74, 6) is 0.262. The van der Waals surface area contributed by atoms with Crippen molar-refractivity contribution in [3.05, 3.63) is 113 Å². The van der Waals surface area contributed by atoms with E-state index in [-0.39, 0.29) is 16.7 Å². The van der Waals surface area contributed by atoms with Gasteiger partial charge in [0.1, 0.15) is 5.75 Å². The number of hydrogen-bond donors (Lipinski definition) is 1. The molecule has 0 saturated heterocycles. The van der Waals surface area contributed by atoms with Crippen LogP contribution in [-0.4, -0.2) is 40.4 Å². The van der Waals surface area contributed by atoms with E-state index in [0.717, 1.165) is 28.8 Å². The summed E-state index contributed by atoms with van der Waals surface area (Å²) in [5, 5.41) is 2.94. The summed E-state index contributed by atoms with van der Waals surface area (Å²) in [4.78, 5) is 28.4. The molecule has 4 aromatic rings. The van der Waals surface area contributed by atoms with Crippen LogP contribution >= 0.6 is 0 Å². The third-order valence-corrected chi connectivity index (χ3v) is 9.45. The maximum absolute atomic E-state index is 13.3. The Morgan fingerprint density at radius 1 is 0.780 bits per heavy atom. The van der Waals surface area contributed by atoms with Crippen LogP contribution in [0.1, 0.15) is 37.4 Å².